The van der Waals surface area contributed by atoms with E-state index in [-0.39, 0.29) is 16.3 Å². The van der Waals surface area contributed by atoms with E-state index in [1.54, 1.807) is 0 Å². The fourth-order valence-corrected chi connectivity index (χ4v) is 6.19. The number of nitrogens with one attached hydrogen (secondary N) is 3. The summed E-state index contributed by atoms with van der Waals surface area (Å²) in [6.45, 7) is 0. The highest BCUT2D eigenvalue weighted by atomic mass is 32.2. The third-order valence-electron chi connectivity index (χ3n) is 6.54. The molecular weight excluding hydrogens is 416 g/mol. The second-order valence-corrected chi connectivity index (χ2v) is 9.71. The van der Waals surface area contributed by atoms with Gasteiger partial charge < -0.3 is 19.5 Å². The summed E-state index contributed by atoms with van der Waals surface area (Å²) < 4.78 is 2.23. The molecule has 3 N–H and O–H groups in total. The highest BCUT2D eigenvalue weighted by Gasteiger charge is 2.39. The van der Waals surface area contributed by atoms with Crippen LogP contribution in [0.2, 0.25) is 0 Å². The van der Waals surface area contributed by atoms with E-state index < -0.39 is 0 Å². The minimum absolute atomic E-state index is 0.0646. The van der Waals surface area contributed by atoms with E-state index in [9.17, 15) is 4.79 Å². The molecule has 0 radical (unpaired) electrons. The molecule has 4 aromatic rings. The van der Waals surface area contributed by atoms with Crippen LogP contribution in [0, 0.1) is 0 Å². The number of thioether (sulfide) groups is 1. The SMILES string of the molecule is Cn1c2c3c(c1=Cc1ccc([nH]1)C=c1ccc([nH]1)=Cc1ccc([nH]1)C=2)C1C=CC3SC1=O. The number of rotatable bonds is 0. The van der Waals surface area contributed by atoms with Crippen LogP contribution in [0.15, 0.2) is 48.6 Å². The fraction of sp³-hybridized carbons (Fsp3) is 0.115. The van der Waals surface area contributed by atoms with Crippen LogP contribution < -0.4 is 21.4 Å². The number of hydrogen-bond acceptors (Lipinski definition) is 2. The number of aromatic nitrogens is 4. The summed E-state index contributed by atoms with van der Waals surface area (Å²) in [5.41, 5.74) is 6.53. The maximum absolute atomic E-state index is 12.8. The predicted octanol–water partition coefficient (Wildman–Crippen LogP) is 1.61. The molecule has 0 spiro atoms. The molecule has 8 rings (SSSR count). The second-order valence-electron chi connectivity index (χ2n) is 8.56. The van der Waals surface area contributed by atoms with E-state index in [1.807, 2.05) is 0 Å². The summed E-state index contributed by atoms with van der Waals surface area (Å²) in [5, 5.41) is 4.62. The summed E-state index contributed by atoms with van der Waals surface area (Å²) in [6.07, 6.45) is 12.8. The van der Waals surface area contributed by atoms with Gasteiger partial charge in [-0.25, -0.2) is 0 Å². The second kappa shape index (κ2) is 6.43. The molecular formula is C26H20N4OS. The van der Waals surface area contributed by atoms with Crippen LogP contribution in [0.25, 0.3) is 24.3 Å². The third-order valence-corrected chi connectivity index (χ3v) is 7.67. The molecule has 6 heteroatoms. The first-order chi connectivity index (χ1) is 15.6. The van der Waals surface area contributed by atoms with Gasteiger partial charge >= 0.3 is 0 Å². The van der Waals surface area contributed by atoms with E-state index in [4.69, 9.17) is 0 Å². The Bertz CT molecular complexity index is 1700. The number of nitrogens with zero attached hydrogens (tertiary/aromatic N) is 1. The standard InChI is InChI=1S/C26H20N4OS/c1-30-21-12-18-6-4-16(28-18)10-14-2-3-15(27-14)11-17-5-7-19(29-17)13-22(30)25-23-9-8-20(24(21)25)26(31)32-23/h2-13,20,23,27-29H,1H3. The lowest BCUT2D eigenvalue weighted by Gasteiger charge is -2.29. The monoisotopic (exact) mass is 436 g/mol. The Labute approximate surface area is 187 Å². The van der Waals surface area contributed by atoms with E-state index in [2.05, 4.69) is 99.4 Å². The lowest BCUT2D eigenvalue weighted by Crippen LogP contribution is -2.27. The van der Waals surface area contributed by atoms with Gasteiger partial charge in [0.2, 0.25) is 5.12 Å². The molecule has 2 unspecified atom stereocenters. The number of carbonyl (C=O) groups excluding carboxylic acids is 1. The van der Waals surface area contributed by atoms with Crippen molar-refractivity contribution in [1.29, 1.82) is 0 Å². The molecule has 32 heavy (non-hydrogen) atoms. The molecule has 5 nitrogen and oxygen atoms in total. The highest BCUT2D eigenvalue weighted by Crippen LogP contribution is 2.46. The van der Waals surface area contributed by atoms with Crippen LogP contribution >= 0.6 is 11.8 Å². The number of hydrogen-bond donors (Lipinski definition) is 3. The Balaban J connectivity index is 1.59. The van der Waals surface area contributed by atoms with E-state index >= 15 is 0 Å². The Hall–Kier alpha value is -3.64. The van der Waals surface area contributed by atoms with Crippen molar-refractivity contribution < 1.29 is 4.79 Å². The number of H-pyrrole nitrogens is 3. The minimum Gasteiger partial charge on any atom is -0.355 e. The van der Waals surface area contributed by atoms with Gasteiger partial charge in [-0.1, -0.05) is 23.9 Å². The van der Waals surface area contributed by atoms with Crippen LogP contribution in [-0.2, 0) is 11.8 Å². The molecule has 4 aliphatic rings. The zero-order chi connectivity index (χ0) is 21.4. The van der Waals surface area contributed by atoms with Crippen molar-refractivity contribution in [2.45, 2.75) is 11.2 Å². The molecule has 0 saturated heterocycles. The predicted molar refractivity (Wildman–Crippen MR) is 128 cm³/mol. The summed E-state index contributed by atoms with van der Waals surface area (Å²) in [6, 6.07) is 12.5. The zero-order valence-electron chi connectivity index (χ0n) is 17.3. The molecule has 0 saturated carbocycles. The van der Waals surface area contributed by atoms with E-state index in [0.29, 0.717) is 0 Å². The molecule has 0 amide bonds. The van der Waals surface area contributed by atoms with Crippen molar-refractivity contribution in [3.8, 4) is 0 Å². The summed E-state index contributed by atoms with van der Waals surface area (Å²) in [4.78, 5) is 23.2. The first kappa shape index (κ1) is 18.0. The molecule has 2 atom stereocenters. The van der Waals surface area contributed by atoms with Gasteiger partial charge in [-0.05, 0) is 71.8 Å². The molecule has 4 aromatic heterocycles. The average Bonchev–Trinajstić information content (AvgIpc) is 3.55. The molecule has 3 aliphatic heterocycles. The molecule has 156 valence electrons. The zero-order valence-corrected chi connectivity index (χ0v) is 18.2. The van der Waals surface area contributed by atoms with Gasteiger partial charge in [0.05, 0.1) is 11.2 Å². The van der Waals surface area contributed by atoms with Crippen molar-refractivity contribution in [2.24, 2.45) is 7.05 Å². The number of fused-ring (bicyclic) bond motifs is 9. The highest BCUT2D eigenvalue weighted by molar-refractivity contribution is 8.14. The van der Waals surface area contributed by atoms with Gasteiger partial charge in [0.15, 0.2) is 0 Å². The lowest BCUT2D eigenvalue weighted by molar-refractivity contribution is -0.111. The molecule has 10 bridgehead atoms. The van der Waals surface area contributed by atoms with Gasteiger partial charge in [0.1, 0.15) is 0 Å². The van der Waals surface area contributed by atoms with Crippen molar-refractivity contribution in [3.05, 3.63) is 104 Å². The van der Waals surface area contributed by atoms with E-state index in [0.717, 1.165) is 49.7 Å². The molecule has 0 aromatic carbocycles. The quantitative estimate of drug-likeness (QED) is 0.323. The normalized spacial score (nSPS) is 20.2. The molecule has 7 heterocycles. The molecule has 1 aliphatic carbocycles. The Morgan fingerprint density at radius 3 is 1.88 bits per heavy atom. The van der Waals surface area contributed by atoms with Crippen molar-refractivity contribution in [2.75, 3.05) is 0 Å². The summed E-state index contributed by atoms with van der Waals surface area (Å²) >= 11 is 1.45. The number of aromatic amines is 3. The van der Waals surface area contributed by atoms with Gasteiger partial charge in [-0.2, -0.15) is 0 Å². The molecule has 0 fully saturated rings. The third kappa shape index (κ3) is 2.63. The summed E-state index contributed by atoms with van der Waals surface area (Å²) in [7, 11) is 2.10. The minimum atomic E-state index is -0.188. The largest absolute Gasteiger partial charge is 0.355 e. The van der Waals surface area contributed by atoms with Crippen molar-refractivity contribution in [1.82, 2.24) is 19.5 Å². The Morgan fingerprint density at radius 2 is 1.28 bits per heavy atom. The van der Waals surface area contributed by atoms with Crippen molar-refractivity contribution >= 4 is 41.2 Å². The van der Waals surface area contributed by atoms with Crippen LogP contribution in [0.4, 0.5) is 0 Å². The van der Waals surface area contributed by atoms with Crippen LogP contribution in [0.5, 0.6) is 0 Å². The van der Waals surface area contributed by atoms with Crippen LogP contribution in [0.3, 0.4) is 0 Å². The van der Waals surface area contributed by atoms with Crippen molar-refractivity contribution in [3.63, 3.8) is 0 Å². The first-order valence-corrected chi connectivity index (χ1v) is 11.6. The first-order valence-electron chi connectivity index (χ1n) is 10.7. The Morgan fingerprint density at radius 1 is 0.719 bits per heavy atom. The topological polar surface area (TPSA) is 69.4 Å². The average molecular weight is 437 g/mol. The van der Waals surface area contributed by atoms with Crippen LogP contribution in [0.1, 0.15) is 45.1 Å². The smallest absolute Gasteiger partial charge is 0.201 e. The lowest BCUT2D eigenvalue weighted by atomic mass is 9.89. The van der Waals surface area contributed by atoms with Gasteiger partial charge in [-0.15, -0.1) is 0 Å². The van der Waals surface area contributed by atoms with Gasteiger partial charge in [0.25, 0.3) is 0 Å². The van der Waals surface area contributed by atoms with E-state index in [1.165, 1.54) is 17.3 Å². The summed E-state index contributed by atoms with van der Waals surface area (Å²) in [5.74, 6) is -0.188. The fourth-order valence-electron chi connectivity index (χ4n) is 5.06. The number of allylic oxidation sites excluding steroid dienone is 1. The van der Waals surface area contributed by atoms with Gasteiger partial charge in [-0.3, -0.25) is 4.79 Å². The maximum atomic E-state index is 12.8. The Kier molecular flexibility index (Phi) is 3.62. The maximum Gasteiger partial charge on any atom is 0.201 e. The van der Waals surface area contributed by atoms with Crippen LogP contribution in [-0.4, -0.2) is 24.6 Å². The number of carbonyl (C=O) groups is 1. The van der Waals surface area contributed by atoms with Gasteiger partial charge in [0, 0.05) is 51.2 Å².